The average Bonchev–Trinajstić information content (AvgIpc) is 2.54. The molecule has 6 nitrogen and oxygen atoms in total. The van der Waals surface area contributed by atoms with E-state index in [0.717, 1.165) is 12.1 Å². The molecule has 2 aromatic rings. The van der Waals surface area contributed by atoms with Crippen LogP contribution in [0.15, 0.2) is 29.4 Å². The number of pyridine rings is 1. The van der Waals surface area contributed by atoms with E-state index >= 15 is 0 Å². The lowest BCUT2D eigenvalue weighted by atomic mass is 10.1. The molecule has 0 spiro atoms. The minimum absolute atomic E-state index is 0.325. The topological polar surface area (TPSA) is 70.0 Å². The zero-order valence-corrected chi connectivity index (χ0v) is 13.7. The van der Waals surface area contributed by atoms with Gasteiger partial charge < -0.3 is 4.84 Å². The van der Waals surface area contributed by atoms with Gasteiger partial charge >= 0.3 is 5.97 Å². The molecule has 0 saturated carbocycles. The van der Waals surface area contributed by atoms with Crippen LogP contribution in [0.2, 0.25) is 5.02 Å². The number of rotatable bonds is 7. The third kappa shape index (κ3) is 4.82. The van der Waals surface area contributed by atoms with Crippen molar-refractivity contribution >= 4 is 34.7 Å². The standard InChI is InChI=1S/C16H17ClN2O4/c1-3-9-18-21-10-8-12-4-5-13-14(17)6-7-15(16(13)19-12)23-22-11(2)20/h4-7,9H,3,8,10H2,1-2H3. The second-order valence-electron chi connectivity index (χ2n) is 4.68. The van der Waals surface area contributed by atoms with Crippen LogP contribution in [0.5, 0.6) is 5.75 Å². The molecule has 0 fully saturated rings. The molecule has 23 heavy (non-hydrogen) atoms. The van der Waals surface area contributed by atoms with E-state index < -0.39 is 5.97 Å². The van der Waals surface area contributed by atoms with E-state index in [1.807, 2.05) is 19.1 Å². The van der Waals surface area contributed by atoms with Gasteiger partial charge in [0.15, 0.2) is 0 Å². The first kappa shape index (κ1) is 17.0. The summed E-state index contributed by atoms with van der Waals surface area (Å²) in [6.07, 6.45) is 3.10. The smallest absolute Gasteiger partial charge is 0.352 e. The number of hydrogen-bond acceptors (Lipinski definition) is 6. The van der Waals surface area contributed by atoms with Gasteiger partial charge in [-0.15, -0.1) is 0 Å². The number of carbonyl (C=O) groups is 1. The molecule has 0 N–H and O–H groups in total. The molecule has 122 valence electrons. The summed E-state index contributed by atoms with van der Waals surface area (Å²) < 4.78 is 0. The minimum atomic E-state index is -0.550. The van der Waals surface area contributed by atoms with Crippen molar-refractivity contribution < 1.29 is 19.4 Å². The molecule has 0 aliphatic rings. The molecule has 0 bridgehead atoms. The Balaban J connectivity index is 2.19. The number of aromatic nitrogens is 1. The molecule has 0 aliphatic heterocycles. The van der Waals surface area contributed by atoms with Crippen molar-refractivity contribution in [1.29, 1.82) is 0 Å². The van der Waals surface area contributed by atoms with Gasteiger partial charge in [-0.1, -0.05) is 23.7 Å². The first-order chi connectivity index (χ1) is 11.1. The van der Waals surface area contributed by atoms with Crippen LogP contribution in [0.4, 0.5) is 0 Å². The zero-order valence-electron chi connectivity index (χ0n) is 12.9. The number of fused-ring (bicyclic) bond motifs is 1. The van der Waals surface area contributed by atoms with Gasteiger partial charge in [-0.05, 0) is 30.7 Å². The Kier molecular flexibility index (Phi) is 6.17. The lowest BCUT2D eigenvalue weighted by molar-refractivity contribution is -0.210. The molecular weight excluding hydrogens is 320 g/mol. The van der Waals surface area contributed by atoms with Crippen LogP contribution in [-0.2, 0) is 20.9 Å². The molecule has 1 heterocycles. The number of halogens is 1. The lowest BCUT2D eigenvalue weighted by Crippen LogP contribution is -2.04. The molecule has 1 aromatic heterocycles. The first-order valence-corrected chi connectivity index (χ1v) is 7.56. The lowest BCUT2D eigenvalue weighted by Gasteiger charge is -2.08. The van der Waals surface area contributed by atoms with E-state index in [1.165, 1.54) is 6.92 Å². The van der Waals surface area contributed by atoms with Crippen LogP contribution in [-0.4, -0.2) is 23.8 Å². The normalized spacial score (nSPS) is 10.9. The Morgan fingerprint density at radius 3 is 2.91 bits per heavy atom. The monoisotopic (exact) mass is 336 g/mol. The van der Waals surface area contributed by atoms with Gasteiger partial charge in [0.2, 0.25) is 5.75 Å². The largest absolute Gasteiger partial charge is 0.396 e. The van der Waals surface area contributed by atoms with Gasteiger partial charge in [-0.3, -0.25) is 9.78 Å². The molecule has 1 aromatic carbocycles. The Morgan fingerprint density at radius 1 is 1.35 bits per heavy atom. The van der Waals surface area contributed by atoms with E-state index in [1.54, 1.807) is 18.3 Å². The van der Waals surface area contributed by atoms with Crippen LogP contribution in [0, 0.1) is 0 Å². The van der Waals surface area contributed by atoms with Crippen LogP contribution >= 0.6 is 11.6 Å². The summed E-state index contributed by atoms with van der Waals surface area (Å²) in [6, 6.07) is 6.96. The van der Waals surface area contributed by atoms with E-state index in [2.05, 4.69) is 15.0 Å². The number of benzene rings is 1. The van der Waals surface area contributed by atoms with E-state index in [-0.39, 0.29) is 0 Å². The number of nitrogens with zero attached hydrogens (tertiary/aromatic N) is 2. The van der Waals surface area contributed by atoms with Crippen molar-refractivity contribution in [2.24, 2.45) is 5.16 Å². The van der Waals surface area contributed by atoms with Crippen molar-refractivity contribution in [2.45, 2.75) is 26.7 Å². The van der Waals surface area contributed by atoms with E-state index in [0.29, 0.717) is 34.7 Å². The molecule has 0 amide bonds. The fourth-order valence-corrected chi connectivity index (χ4v) is 2.05. The summed E-state index contributed by atoms with van der Waals surface area (Å²) in [5.41, 5.74) is 1.31. The molecule has 0 unspecified atom stereocenters. The highest BCUT2D eigenvalue weighted by molar-refractivity contribution is 6.35. The van der Waals surface area contributed by atoms with Gasteiger partial charge in [0.25, 0.3) is 0 Å². The van der Waals surface area contributed by atoms with Crippen LogP contribution in [0.3, 0.4) is 0 Å². The third-order valence-corrected chi connectivity index (χ3v) is 3.18. The maximum absolute atomic E-state index is 10.9. The predicted octanol–water partition coefficient (Wildman–Crippen LogP) is 3.70. The van der Waals surface area contributed by atoms with Crippen molar-refractivity contribution in [1.82, 2.24) is 4.98 Å². The number of carbonyl (C=O) groups excluding carboxylic acids is 1. The highest BCUT2D eigenvalue weighted by atomic mass is 35.5. The Hall–Kier alpha value is -2.34. The third-order valence-electron chi connectivity index (χ3n) is 2.85. The summed E-state index contributed by atoms with van der Waals surface area (Å²) in [5.74, 6) is -0.224. The van der Waals surface area contributed by atoms with Crippen LogP contribution < -0.4 is 4.89 Å². The summed E-state index contributed by atoms with van der Waals surface area (Å²) in [6.45, 7) is 3.65. The molecule has 0 radical (unpaired) electrons. The fourth-order valence-electron chi connectivity index (χ4n) is 1.84. The predicted molar refractivity (Wildman–Crippen MR) is 87.6 cm³/mol. The Morgan fingerprint density at radius 2 is 2.17 bits per heavy atom. The highest BCUT2D eigenvalue weighted by Gasteiger charge is 2.11. The van der Waals surface area contributed by atoms with E-state index in [9.17, 15) is 4.79 Å². The molecule has 0 saturated heterocycles. The molecular formula is C16H17ClN2O4. The second-order valence-corrected chi connectivity index (χ2v) is 5.09. The summed E-state index contributed by atoms with van der Waals surface area (Å²) in [4.78, 5) is 30.1. The van der Waals surface area contributed by atoms with Crippen molar-refractivity contribution in [2.75, 3.05) is 6.61 Å². The first-order valence-electron chi connectivity index (χ1n) is 7.18. The van der Waals surface area contributed by atoms with Crippen molar-refractivity contribution in [3.8, 4) is 5.75 Å². The van der Waals surface area contributed by atoms with Crippen molar-refractivity contribution in [3.63, 3.8) is 0 Å². The fraction of sp³-hybridized carbons (Fsp3) is 0.312. The number of oxime groups is 1. The minimum Gasteiger partial charge on any atom is -0.396 e. The van der Waals surface area contributed by atoms with Crippen LogP contribution in [0.1, 0.15) is 26.0 Å². The Labute approximate surface area is 138 Å². The maximum atomic E-state index is 10.9. The summed E-state index contributed by atoms with van der Waals surface area (Å²) >= 11 is 6.16. The van der Waals surface area contributed by atoms with Gasteiger partial charge in [0.1, 0.15) is 12.1 Å². The molecule has 2 rings (SSSR count). The summed E-state index contributed by atoms with van der Waals surface area (Å²) in [7, 11) is 0. The Bertz CT molecular complexity index is 719. The van der Waals surface area contributed by atoms with Gasteiger partial charge in [0, 0.05) is 30.6 Å². The number of hydrogen-bond donors (Lipinski definition) is 0. The van der Waals surface area contributed by atoms with Crippen LogP contribution in [0.25, 0.3) is 10.9 Å². The second kappa shape index (κ2) is 8.33. The van der Waals surface area contributed by atoms with Gasteiger partial charge in [-0.25, -0.2) is 9.78 Å². The average molecular weight is 337 g/mol. The van der Waals surface area contributed by atoms with E-state index in [4.69, 9.17) is 21.3 Å². The quantitative estimate of drug-likeness (QED) is 0.334. The van der Waals surface area contributed by atoms with Gasteiger partial charge in [-0.2, -0.15) is 0 Å². The SMILES string of the molecule is CCC=NOCCc1ccc2c(Cl)ccc(OOC(C)=O)c2n1. The maximum Gasteiger partial charge on any atom is 0.352 e. The molecule has 0 aliphatic carbocycles. The summed E-state index contributed by atoms with van der Waals surface area (Å²) in [5, 5.41) is 5.04. The van der Waals surface area contributed by atoms with Gasteiger partial charge in [0.05, 0.1) is 5.02 Å². The molecule has 0 atom stereocenters. The molecule has 7 heteroatoms. The highest BCUT2D eigenvalue weighted by Crippen LogP contribution is 2.30. The zero-order chi connectivity index (χ0) is 16.7. The van der Waals surface area contributed by atoms with Crippen molar-refractivity contribution in [3.05, 3.63) is 35.0 Å².